The Bertz CT molecular complexity index is 872. The number of fused-ring (bicyclic) bond motifs is 2. The van der Waals surface area contributed by atoms with Gasteiger partial charge in [0.25, 0.3) is 0 Å². The van der Waals surface area contributed by atoms with Crippen molar-refractivity contribution in [2.24, 2.45) is 5.92 Å². The van der Waals surface area contributed by atoms with Crippen LogP contribution in [-0.4, -0.2) is 63.9 Å². The fourth-order valence-corrected chi connectivity index (χ4v) is 5.61. The Morgan fingerprint density at radius 2 is 1.67 bits per heavy atom. The molecule has 30 heavy (non-hydrogen) atoms. The summed E-state index contributed by atoms with van der Waals surface area (Å²) in [6, 6.07) is 13.4. The minimum absolute atomic E-state index is 0.210. The Morgan fingerprint density at radius 3 is 2.37 bits per heavy atom. The van der Waals surface area contributed by atoms with Gasteiger partial charge >= 0.3 is 0 Å². The quantitative estimate of drug-likeness (QED) is 0.737. The maximum atomic E-state index is 13.2. The first-order valence-corrected chi connectivity index (χ1v) is 11.4. The molecule has 0 N–H and O–H groups in total. The van der Waals surface area contributed by atoms with Crippen LogP contribution in [0.15, 0.2) is 48.8 Å². The van der Waals surface area contributed by atoms with E-state index in [9.17, 15) is 4.79 Å². The van der Waals surface area contributed by atoms with Crippen LogP contribution >= 0.6 is 11.6 Å². The maximum absolute atomic E-state index is 13.2. The van der Waals surface area contributed by atoms with Crippen molar-refractivity contribution < 1.29 is 4.79 Å². The number of aromatic nitrogens is 1. The van der Waals surface area contributed by atoms with Gasteiger partial charge in [-0.15, -0.1) is 0 Å². The van der Waals surface area contributed by atoms with Crippen molar-refractivity contribution >= 4 is 17.5 Å². The number of hydrogen-bond acceptors (Lipinski definition) is 4. The van der Waals surface area contributed by atoms with Crippen molar-refractivity contribution in [2.45, 2.75) is 44.4 Å². The van der Waals surface area contributed by atoms with Crippen LogP contribution in [0.3, 0.4) is 0 Å². The van der Waals surface area contributed by atoms with E-state index in [4.69, 9.17) is 11.6 Å². The lowest BCUT2D eigenvalue weighted by Gasteiger charge is -2.55. The SMILES string of the molecule is O=C(C1CC2CC(C1)N2Cc1ccncc1)N1CCN(Cc2cccc(Cl)c2)CC1. The Balaban J connectivity index is 1.10. The Morgan fingerprint density at radius 1 is 0.933 bits per heavy atom. The van der Waals surface area contributed by atoms with Crippen molar-refractivity contribution in [1.82, 2.24) is 19.7 Å². The second kappa shape index (κ2) is 8.66. The molecule has 3 aliphatic heterocycles. The number of piperazine rings is 1. The molecule has 3 saturated heterocycles. The third kappa shape index (κ3) is 4.25. The number of rotatable bonds is 5. The lowest BCUT2D eigenvalue weighted by atomic mass is 9.72. The van der Waals surface area contributed by atoms with Gasteiger partial charge in [0, 0.05) is 74.7 Å². The smallest absolute Gasteiger partial charge is 0.225 e. The first-order valence-electron chi connectivity index (χ1n) is 11.1. The highest BCUT2D eigenvalue weighted by atomic mass is 35.5. The molecule has 1 saturated carbocycles. The second-order valence-electron chi connectivity index (χ2n) is 8.97. The van der Waals surface area contributed by atoms with Crippen LogP contribution in [-0.2, 0) is 17.9 Å². The summed E-state index contributed by atoms with van der Waals surface area (Å²) < 4.78 is 0. The van der Waals surface area contributed by atoms with E-state index in [1.807, 2.05) is 30.6 Å². The first-order chi connectivity index (χ1) is 14.7. The molecule has 0 spiro atoms. The van der Waals surface area contributed by atoms with Crippen LogP contribution in [0.25, 0.3) is 0 Å². The monoisotopic (exact) mass is 424 g/mol. The molecule has 0 radical (unpaired) electrons. The van der Waals surface area contributed by atoms with Gasteiger partial charge in [-0.2, -0.15) is 0 Å². The maximum Gasteiger partial charge on any atom is 0.225 e. The van der Waals surface area contributed by atoms with Crippen molar-refractivity contribution in [1.29, 1.82) is 0 Å². The molecule has 1 aliphatic carbocycles. The number of carbonyl (C=O) groups excluding carboxylic acids is 1. The van der Waals surface area contributed by atoms with Gasteiger partial charge in [0.1, 0.15) is 0 Å². The zero-order valence-corrected chi connectivity index (χ0v) is 18.0. The fraction of sp³-hybridized carbons (Fsp3) is 0.500. The van der Waals surface area contributed by atoms with Gasteiger partial charge in [-0.25, -0.2) is 0 Å². The Kier molecular flexibility index (Phi) is 5.77. The molecular formula is C24H29ClN4O. The average molecular weight is 425 g/mol. The van der Waals surface area contributed by atoms with Crippen LogP contribution < -0.4 is 0 Å². The minimum atomic E-state index is 0.210. The molecule has 1 aromatic heterocycles. The lowest BCUT2D eigenvalue weighted by Crippen LogP contribution is -2.62. The van der Waals surface area contributed by atoms with Crippen LogP contribution in [0.2, 0.25) is 5.02 Å². The lowest BCUT2D eigenvalue weighted by molar-refractivity contribution is -0.146. The van der Waals surface area contributed by atoms with Crippen molar-refractivity contribution in [3.63, 3.8) is 0 Å². The predicted octanol–water partition coefficient (Wildman–Crippen LogP) is 3.43. The molecule has 2 aromatic rings. The molecule has 6 rings (SSSR count). The van der Waals surface area contributed by atoms with Crippen LogP contribution in [0.4, 0.5) is 0 Å². The summed E-state index contributed by atoms with van der Waals surface area (Å²) in [6.45, 7) is 5.44. The number of amides is 1. The van der Waals surface area contributed by atoms with E-state index in [0.29, 0.717) is 18.0 Å². The molecule has 5 nitrogen and oxygen atoms in total. The Hall–Kier alpha value is -1.95. The molecule has 6 heteroatoms. The highest BCUT2D eigenvalue weighted by Gasteiger charge is 2.47. The van der Waals surface area contributed by atoms with Gasteiger partial charge in [0.2, 0.25) is 5.91 Å². The van der Waals surface area contributed by atoms with Crippen molar-refractivity contribution in [3.8, 4) is 0 Å². The normalized spacial score (nSPS) is 27.0. The highest BCUT2D eigenvalue weighted by Crippen LogP contribution is 2.42. The molecule has 4 aliphatic rings. The summed E-state index contributed by atoms with van der Waals surface area (Å²) in [6.07, 6.45) is 7.01. The van der Waals surface area contributed by atoms with E-state index < -0.39 is 0 Å². The summed E-state index contributed by atoms with van der Waals surface area (Å²) in [4.78, 5) is 24.4. The zero-order valence-electron chi connectivity index (χ0n) is 17.3. The van der Waals surface area contributed by atoms with E-state index in [2.05, 4.69) is 37.9 Å². The summed E-state index contributed by atoms with van der Waals surface area (Å²) in [5.41, 5.74) is 2.56. The summed E-state index contributed by atoms with van der Waals surface area (Å²) >= 11 is 6.11. The van der Waals surface area contributed by atoms with Gasteiger partial charge in [-0.05, 0) is 54.7 Å². The largest absolute Gasteiger partial charge is 0.340 e. The molecule has 1 amide bonds. The van der Waals surface area contributed by atoms with Gasteiger partial charge in [0.15, 0.2) is 0 Å². The minimum Gasteiger partial charge on any atom is -0.340 e. The van der Waals surface area contributed by atoms with Gasteiger partial charge < -0.3 is 4.90 Å². The molecular weight excluding hydrogens is 396 g/mol. The van der Waals surface area contributed by atoms with Crippen molar-refractivity contribution in [3.05, 3.63) is 64.9 Å². The first kappa shape index (κ1) is 20.0. The van der Waals surface area contributed by atoms with Crippen LogP contribution in [0.1, 0.15) is 30.4 Å². The molecule has 2 bridgehead atoms. The number of pyridine rings is 1. The van der Waals surface area contributed by atoms with E-state index in [1.165, 1.54) is 17.5 Å². The van der Waals surface area contributed by atoms with Gasteiger partial charge in [-0.3, -0.25) is 19.6 Å². The standard InChI is InChI=1S/C24H29ClN4O/c25-21-3-1-2-19(12-21)16-27-8-10-28(11-9-27)24(30)20-13-22-15-23(14-20)29(22)17-18-4-6-26-7-5-18/h1-7,12,20,22-23H,8-11,13-17H2. The fourth-order valence-electron chi connectivity index (χ4n) is 5.40. The van der Waals surface area contributed by atoms with Gasteiger partial charge in [-0.1, -0.05) is 23.7 Å². The number of halogens is 1. The molecule has 4 heterocycles. The topological polar surface area (TPSA) is 39.7 Å². The van der Waals surface area contributed by atoms with E-state index >= 15 is 0 Å². The summed E-state index contributed by atoms with van der Waals surface area (Å²) in [5, 5.41) is 0.787. The second-order valence-corrected chi connectivity index (χ2v) is 9.41. The van der Waals surface area contributed by atoms with Gasteiger partial charge in [0.05, 0.1) is 0 Å². The third-order valence-corrected chi connectivity index (χ3v) is 7.27. The predicted molar refractivity (Wildman–Crippen MR) is 118 cm³/mol. The number of benzene rings is 1. The number of carbonyl (C=O) groups is 1. The molecule has 1 aromatic carbocycles. The number of hydrogen-bond donors (Lipinski definition) is 0. The summed E-state index contributed by atoms with van der Waals surface area (Å²) in [5.74, 6) is 0.595. The molecule has 2 unspecified atom stereocenters. The third-order valence-electron chi connectivity index (χ3n) is 7.04. The molecule has 2 atom stereocenters. The molecule has 4 fully saturated rings. The zero-order chi connectivity index (χ0) is 20.5. The van der Waals surface area contributed by atoms with Crippen LogP contribution in [0.5, 0.6) is 0 Å². The summed E-state index contributed by atoms with van der Waals surface area (Å²) in [7, 11) is 0. The van der Waals surface area contributed by atoms with Crippen molar-refractivity contribution in [2.75, 3.05) is 26.2 Å². The van der Waals surface area contributed by atoms with E-state index in [0.717, 1.165) is 57.1 Å². The van der Waals surface area contributed by atoms with Crippen LogP contribution in [0, 0.1) is 5.92 Å². The Labute approximate surface area is 183 Å². The number of nitrogens with zero attached hydrogens (tertiary/aromatic N) is 4. The number of piperidine rings is 1. The molecule has 158 valence electrons. The highest BCUT2D eigenvalue weighted by molar-refractivity contribution is 6.30. The van der Waals surface area contributed by atoms with E-state index in [-0.39, 0.29) is 5.92 Å². The average Bonchev–Trinajstić information content (AvgIpc) is 2.78. The van der Waals surface area contributed by atoms with E-state index in [1.54, 1.807) is 0 Å².